The SMILES string of the molecule is O=c1[nH]cnc2c(-c3cnc4nc(N5CCC(N6CCCCC6)CC5)oc4c3)cccc12. The van der Waals surface area contributed by atoms with Gasteiger partial charge in [0.2, 0.25) is 5.65 Å². The summed E-state index contributed by atoms with van der Waals surface area (Å²) in [5, 5.41) is 0.555. The van der Waals surface area contributed by atoms with Crippen LogP contribution in [0.15, 0.2) is 46.0 Å². The number of pyridine rings is 1. The van der Waals surface area contributed by atoms with Crippen molar-refractivity contribution in [2.24, 2.45) is 0 Å². The summed E-state index contributed by atoms with van der Waals surface area (Å²) in [4.78, 5) is 33.2. The highest BCUT2D eigenvalue weighted by atomic mass is 16.4. The molecule has 0 radical (unpaired) electrons. The Balaban J connectivity index is 1.26. The standard InChI is InChI=1S/C24H26N6O2/c31-23-19-6-4-5-18(21(19)26-15-27-23)16-13-20-22(25-14-16)28-24(32-20)30-11-7-17(8-12-30)29-9-2-1-3-10-29/h4-6,13-15,17H,1-3,7-12H2,(H,26,27,31). The van der Waals surface area contributed by atoms with Gasteiger partial charge in [-0.2, -0.15) is 4.98 Å². The molecule has 0 saturated carbocycles. The summed E-state index contributed by atoms with van der Waals surface area (Å²) in [6.07, 6.45) is 9.54. The van der Waals surface area contributed by atoms with E-state index in [1.54, 1.807) is 12.3 Å². The Morgan fingerprint density at radius 2 is 1.88 bits per heavy atom. The Hall–Kier alpha value is -3.26. The quantitative estimate of drug-likeness (QED) is 0.531. The van der Waals surface area contributed by atoms with Crippen LogP contribution >= 0.6 is 0 Å². The molecule has 0 bridgehead atoms. The second kappa shape index (κ2) is 8.02. The van der Waals surface area contributed by atoms with Gasteiger partial charge in [0.15, 0.2) is 5.58 Å². The molecule has 6 rings (SSSR count). The Morgan fingerprint density at radius 3 is 2.72 bits per heavy atom. The smallest absolute Gasteiger partial charge is 0.299 e. The molecule has 0 atom stereocenters. The first-order valence-electron chi connectivity index (χ1n) is 11.5. The van der Waals surface area contributed by atoms with Crippen LogP contribution in [0.3, 0.4) is 0 Å². The van der Waals surface area contributed by atoms with Crippen LogP contribution in [-0.4, -0.2) is 57.1 Å². The van der Waals surface area contributed by atoms with E-state index < -0.39 is 0 Å². The third kappa shape index (κ3) is 3.44. The molecule has 3 aromatic heterocycles. The monoisotopic (exact) mass is 430 g/mol. The highest BCUT2D eigenvalue weighted by Gasteiger charge is 2.27. The lowest BCUT2D eigenvalue weighted by atomic mass is 10.0. The number of anilines is 1. The minimum atomic E-state index is -0.152. The van der Waals surface area contributed by atoms with E-state index in [-0.39, 0.29) is 5.56 Å². The van der Waals surface area contributed by atoms with E-state index in [1.165, 1.54) is 38.7 Å². The fourth-order valence-corrected chi connectivity index (χ4v) is 5.13. The van der Waals surface area contributed by atoms with Gasteiger partial charge in [-0.1, -0.05) is 18.6 Å². The van der Waals surface area contributed by atoms with Crippen molar-refractivity contribution in [3.05, 3.63) is 47.1 Å². The van der Waals surface area contributed by atoms with E-state index in [9.17, 15) is 4.79 Å². The summed E-state index contributed by atoms with van der Waals surface area (Å²) in [6, 6.07) is 8.85. The van der Waals surface area contributed by atoms with Crippen molar-refractivity contribution in [1.82, 2.24) is 24.8 Å². The van der Waals surface area contributed by atoms with E-state index in [0.29, 0.717) is 34.2 Å². The predicted molar refractivity (Wildman–Crippen MR) is 124 cm³/mol. The Labute approximate surface area is 185 Å². The minimum absolute atomic E-state index is 0.152. The summed E-state index contributed by atoms with van der Waals surface area (Å²) in [5.74, 6) is 0. The number of rotatable bonds is 3. The summed E-state index contributed by atoms with van der Waals surface area (Å²) >= 11 is 0. The zero-order valence-electron chi connectivity index (χ0n) is 18.0. The largest absolute Gasteiger partial charge is 0.422 e. The molecule has 2 aliphatic rings. The average molecular weight is 431 g/mol. The maximum Gasteiger partial charge on any atom is 0.299 e. The van der Waals surface area contributed by atoms with Gasteiger partial charge in [0.25, 0.3) is 11.6 Å². The number of oxazole rings is 1. The molecule has 8 nitrogen and oxygen atoms in total. The Bertz CT molecular complexity index is 1320. The molecule has 1 N–H and O–H groups in total. The molecule has 32 heavy (non-hydrogen) atoms. The van der Waals surface area contributed by atoms with Crippen molar-refractivity contribution in [3.8, 4) is 11.1 Å². The van der Waals surface area contributed by atoms with Crippen LogP contribution in [-0.2, 0) is 0 Å². The molecule has 5 heterocycles. The van der Waals surface area contributed by atoms with Crippen LogP contribution in [0, 0.1) is 0 Å². The van der Waals surface area contributed by atoms with Crippen molar-refractivity contribution in [3.63, 3.8) is 0 Å². The van der Waals surface area contributed by atoms with Crippen molar-refractivity contribution in [2.45, 2.75) is 38.1 Å². The van der Waals surface area contributed by atoms with Gasteiger partial charge in [0, 0.05) is 36.5 Å². The normalized spacial score (nSPS) is 18.6. The molecule has 0 amide bonds. The molecular formula is C24H26N6O2. The first-order chi connectivity index (χ1) is 15.8. The first-order valence-corrected chi connectivity index (χ1v) is 11.5. The number of H-pyrrole nitrogens is 1. The number of hydrogen-bond donors (Lipinski definition) is 1. The van der Waals surface area contributed by atoms with Crippen LogP contribution in [0.2, 0.25) is 0 Å². The lowest BCUT2D eigenvalue weighted by Crippen LogP contribution is -2.46. The number of likely N-dealkylation sites (tertiary alicyclic amines) is 1. The third-order valence-electron chi connectivity index (χ3n) is 6.86. The first kappa shape index (κ1) is 19.4. The van der Waals surface area contributed by atoms with Crippen molar-refractivity contribution >= 4 is 28.1 Å². The number of aromatic nitrogens is 4. The zero-order chi connectivity index (χ0) is 21.5. The fourth-order valence-electron chi connectivity index (χ4n) is 5.13. The predicted octanol–water partition coefficient (Wildman–Crippen LogP) is 3.58. The summed E-state index contributed by atoms with van der Waals surface area (Å²) in [5.41, 5.74) is 3.46. The number of para-hydroxylation sites is 1. The van der Waals surface area contributed by atoms with Gasteiger partial charge < -0.3 is 19.2 Å². The number of aromatic amines is 1. The van der Waals surface area contributed by atoms with Gasteiger partial charge in [-0.3, -0.25) is 4.79 Å². The van der Waals surface area contributed by atoms with E-state index in [2.05, 4.69) is 29.7 Å². The van der Waals surface area contributed by atoms with Crippen LogP contribution < -0.4 is 10.5 Å². The van der Waals surface area contributed by atoms with E-state index in [4.69, 9.17) is 4.42 Å². The molecule has 2 fully saturated rings. The highest BCUT2D eigenvalue weighted by Crippen LogP contribution is 2.30. The van der Waals surface area contributed by atoms with Crippen LogP contribution in [0.25, 0.3) is 33.3 Å². The number of benzene rings is 1. The van der Waals surface area contributed by atoms with Crippen LogP contribution in [0.4, 0.5) is 6.01 Å². The van der Waals surface area contributed by atoms with Crippen LogP contribution in [0.5, 0.6) is 0 Å². The molecule has 4 aromatic rings. The molecule has 8 heteroatoms. The topological polar surface area (TPSA) is 91.1 Å². The van der Waals surface area contributed by atoms with Crippen LogP contribution in [0.1, 0.15) is 32.1 Å². The second-order valence-corrected chi connectivity index (χ2v) is 8.79. The second-order valence-electron chi connectivity index (χ2n) is 8.79. The number of nitrogens with zero attached hydrogens (tertiary/aromatic N) is 5. The molecule has 0 spiro atoms. The number of fused-ring (bicyclic) bond motifs is 2. The molecule has 2 saturated heterocycles. The maximum absolute atomic E-state index is 12.1. The highest BCUT2D eigenvalue weighted by molar-refractivity contribution is 5.94. The average Bonchev–Trinajstić information content (AvgIpc) is 3.28. The number of piperidine rings is 2. The van der Waals surface area contributed by atoms with Crippen molar-refractivity contribution in [2.75, 3.05) is 31.1 Å². The number of hydrogen-bond acceptors (Lipinski definition) is 7. The van der Waals surface area contributed by atoms with Gasteiger partial charge in [0.05, 0.1) is 17.2 Å². The lowest BCUT2D eigenvalue weighted by Gasteiger charge is -2.39. The summed E-state index contributed by atoms with van der Waals surface area (Å²) < 4.78 is 6.14. The van der Waals surface area contributed by atoms with Crippen molar-refractivity contribution in [1.29, 1.82) is 0 Å². The van der Waals surface area contributed by atoms with Gasteiger partial charge >= 0.3 is 0 Å². The van der Waals surface area contributed by atoms with Gasteiger partial charge in [-0.25, -0.2) is 9.97 Å². The van der Waals surface area contributed by atoms with E-state index >= 15 is 0 Å². The van der Waals surface area contributed by atoms with Gasteiger partial charge in [-0.15, -0.1) is 0 Å². The molecule has 2 aliphatic heterocycles. The van der Waals surface area contributed by atoms with Gasteiger partial charge in [-0.05, 0) is 50.9 Å². The van der Waals surface area contributed by atoms with E-state index in [0.717, 1.165) is 37.1 Å². The minimum Gasteiger partial charge on any atom is -0.422 e. The molecule has 0 aliphatic carbocycles. The van der Waals surface area contributed by atoms with Crippen molar-refractivity contribution < 1.29 is 4.42 Å². The third-order valence-corrected chi connectivity index (χ3v) is 6.86. The summed E-state index contributed by atoms with van der Waals surface area (Å²) in [6.45, 7) is 4.40. The fraction of sp³-hybridized carbons (Fsp3) is 0.417. The number of nitrogens with one attached hydrogen (secondary N) is 1. The molecule has 0 unspecified atom stereocenters. The Kier molecular flexibility index (Phi) is 4.87. The summed E-state index contributed by atoms with van der Waals surface area (Å²) in [7, 11) is 0. The Morgan fingerprint density at radius 1 is 1.03 bits per heavy atom. The molecule has 164 valence electrons. The van der Waals surface area contributed by atoms with E-state index in [1.807, 2.05) is 18.2 Å². The maximum atomic E-state index is 12.1. The molecule has 1 aromatic carbocycles. The zero-order valence-corrected chi connectivity index (χ0v) is 18.0. The molecular weight excluding hydrogens is 404 g/mol. The lowest BCUT2D eigenvalue weighted by molar-refractivity contribution is 0.140. The van der Waals surface area contributed by atoms with Gasteiger partial charge in [0.1, 0.15) is 0 Å².